The molecule has 0 aliphatic carbocycles. The number of nitrogens with one attached hydrogen (secondary N) is 2. The molecule has 1 amide bonds. The SMILES string of the molecule is CC(=O)c1ccc(Nc2cc(C(=O)NCc3ccccn3)nc(C)n2)cc1. The Morgan fingerprint density at radius 1 is 1.04 bits per heavy atom. The Hall–Kier alpha value is -3.61. The van der Waals surface area contributed by atoms with Crippen molar-refractivity contribution in [3.8, 4) is 0 Å². The van der Waals surface area contributed by atoms with Gasteiger partial charge in [0.1, 0.15) is 17.3 Å². The molecule has 0 saturated carbocycles. The van der Waals surface area contributed by atoms with Gasteiger partial charge in [0.15, 0.2) is 5.78 Å². The number of aryl methyl sites for hydroxylation is 1. The van der Waals surface area contributed by atoms with Crippen molar-refractivity contribution in [1.82, 2.24) is 20.3 Å². The molecule has 7 heteroatoms. The third kappa shape index (κ3) is 4.94. The summed E-state index contributed by atoms with van der Waals surface area (Å²) in [6, 6.07) is 14.1. The summed E-state index contributed by atoms with van der Waals surface area (Å²) in [5, 5.41) is 5.92. The summed E-state index contributed by atoms with van der Waals surface area (Å²) >= 11 is 0. The first kappa shape index (κ1) is 18.2. The van der Waals surface area contributed by atoms with Crippen LogP contribution in [0.4, 0.5) is 11.5 Å². The minimum absolute atomic E-state index is 0.00583. The molecule has 27 heavy (non-hydrogen) atoms. The number of hydrogen-bond donors (Lipinski definition) is 2. The van der Waals surface area contributed by atoms with Gasteiger partial charge in [-0.15, -0.1) is 0 Å². The number of carbonyl (C=O) groups is 2. The molecule has 0 bridgehead atoms. The molecule has 0 unspecified atom stereocenters. The van der Waals surface area contributed by atoms with Gasteiger partial charge in [-0.25, -0.2) is 9.97 Å². The highest BCUT2D eigenvalue weighted by Gasteiger charge is 2.11. The highest BCUT2D eigenvalue weighted by atomic mass is 16.1. The molecule has 0 radical (unpaired) electrons. The molecular formula is C20H19N5O2. The van der Waals surface area contributed by atoms with Crippen molar-refractivity contribution in [1.29, 1.82) is 0 Å². The lowest BCUT2D eigenvalue weighted by Crippen LogP contribution is -2.24. The Morgan fingerprint density at radius 3 is 2.48 bits per heavy atom. The molecule has 2 N–H and O–H groups in total. The van der Waals surface area contributed by atoms with E-state index in [1.165, 1.54) is 6.92 Å². The summed E-state index contributed by atoms with van der Waals surface area (Å²) in [7, 11) is 0. The third-order valence-electron chi connectivity index (χ3n) is 3.79. The van der Waals surface area contributed by atoms with Gasteiger partial charge in [0, 0.05) is 23.5 Å². The van der Waals surface area contributed by atoms with Crippen molar-refractivity contribution in [2.75, 3.05) is 5.32 Å². The van der Waals surface area contributed by atoms with Crippen molar-refractivity contribution in [3.63, 3.8) is 0 Å². The number of amides is 1. The Labute approximate surface area is 156 Å². The number of benzene rings is 1. The highest BCUT2D eigenvalue weighted by Crippen LogP contribution is 2.16. The van der Waals surface area contributed by atoms with Crippen LogP contribution in [-0.2, 0) is 6.54 Å². The minimum atomic E-state index is -0.305. The van der Waals surface area contributed by atoms with Crippen LogP contribution >= 0.6 is 0 Å². The predicted octanol–water partition coefficient (Wildman–Crippen LogP) is 3.06. The van der Waals surface area contributed by atoms with E-state index in [0.29, 0.717) is 23.8 Å². The lowest BCUT2D eigenvalue weighted by Gasteiger charge is -2.09. The van der Waals surface area contributed by atoms with Crippen LogP contribution in [0.5, 0.6) is 0 Å². The van der Waals surface area contributed by atoms with Gasteiger partial charge in [0.2, 0.25) is 0 Å². The smallest absolute Gasteiger partial charge is 0.270 e. The summed E-state index contributed by atoms with van der Waals surface area (Å²) in [5.74, 6) is 0.678. The second kappa shape index (κ2) is 8.18. The van der Waals surface area contributed by atoms with E-state index in [2.05, 4.69) is 25.6 Å². The van der Waals surface area contributed by atoms with Gasteiger partial charge in [-0.2, -0.15) is 0 Å². The molecule has 1 aromatic carbocycles. The number of ketones is 1. The molecule has 3 rings (SSSR count). The fourth-order valence-electron chi connectivity index (χ4n) is 2.45. The maximum atomic E-state index is 12.4. The maximum Gasteiger partial charge on any atom is 0.270 e. The first-order valence-corrected chi connectivity index (χ1v) is 8.43. The Bertz CT molecular complexity index is 956. The molecule has 3 aromatic rings. The standard InChI is InChI=1S/C20H19N5O2/c1-13(26)15-6-8-16(9-7-15)25-19-11-18(23-14(2)24-19)20(27)22-12-17-5-3-4-10-21-17/h3-11H,12H2,1-2H3,(H,22,27)(H,23,24,25). The monoisotopic (exact) mass is 361 g/mol. The van der Waals surface area contributed by atoms with Crippen molar-refractivity contribution in [2.45, 2.75) is 20.4 Å². The van der Waals surface area contributed by atoms with E-state index in [1.54, 1.807) is 43.5 Å². The first-order valence-electron chi connectivity index (χ1n) is 8.43. The van der Waals surface area contributed by atoms with Gasteiger partial charge in [-0.1, -0.05) is 6.07 Å². The normalized spacial score (nSPS) is 10.3. The number of nitrogens with zero attached hydrogens (tertiary/aromatic N) is 3. The van der Waals surface area contributed by atoms with Crippen molar-refractivity contribution >= 4 is 23.2 Å². The maximum absolute atomic E-state index is 12.4. The molecular weight excluding hydrogens is 342 g/mol. The third-order valence-corrected chi connectivity index (χ3v) is 3.79. The zero-order valence-electron chi connectivity index (χ0n) is 15.1. The molecule has 0 saturated heterocycles. The van der Waals surface area contributed by atoms with Crippen LogP contribution in [0, 0.1) is 6.92 Å². The molecule has 2 heterocycles. The van der Waals surface area contributed by atoms with Crippen LogP contribution < -0.4 is 10.6 Å². The topological polar surface area (TPSA) is 96.9 Å². The number of Topliss-reactive ketones (excluding diaryl/α,β-unsaturated/α-hetero) is 1. The number of anilines is 2. The van der Waals surface area contributed by atoms with E-state index in [1.807, 2.05) is 18.2 Å². The van der Waals surface area contributed by atoms with Crippen LogP contribution in [0.3, 0.4) is 0 Å². The molecule has 7 nitrogen and oxygen atoms in total. The van der Waals surface area contributed by atoms with E-state index >= 15 is 0 Å². The average molecular weight is 361 g/mol. The van der Waals surface area contributed by atoms with Crippen LogP contribution in [0.1, 0.15) is 39.3 Å². The van der Waals surface area contributed by atoms with E-state index in [0.717, 1.165) is 11.4 Å². The van der Waals surface area contributed by atoms with Crippen molar-refractivity contribution < 1.29 is 9.59 Å². The summed E-state index contributed by atoms with van der Waals surface area (Å²) in [6.45, 7) is 3.56. The molecule has 0 aliphatic heterocycles. The van der Waals surface area contributed by atoms with Gasteiger partial charge >= 0.3 is 0 Å². The molecule has 136 valence electrons. The lowest BCUT2D eigenvalue weighted by molar-refractivity contribution is 0.0944. The van der Waals surface area contributed by atoms with Crippen LogP contribution in [-0.4, -0.2) is 26.6 Å². The lowest BCUT2D eigenvalue weighted by atomic mass is 10.1. The summed E-state index contributed by atoms with van der Waals surface area (Å²) in [4.78, 5) is 36.4. The summed E-state index contributed by atoms with van der Waals surface area (Å²) in [6.07, 6.45) is 1.68. The fourth-order valence-corrected chi connectivity index (χ4v) is 2.45. The van der Waals surface area contributed by atoms with E-state index in [4.69, 9.17) is 0 Å². The minimum Gasteiger partial charge on any atom is -0.345 e. The molecule has 2 aromatic heterocycles. The van der Waals surface area contributed by atoms with Crippen LogP contribution in [0.15, 0.2) is 54.7 Å². The number of pyridine rings is 1. The number of aromatic nitrogens is 3. The van der Waals surface area contributed by atoms with E-state index in [-0.39, 0.29) is 17.4 Å². The van der Waals surface area contributed by atoms with Gasteiger partial charge in [-0.05, 0) is 50.2 Å². The van der Waals surface area contributed by atoms with Gasteiger partial charge < -0.3 is 10.6 Å². The summed E-state index contributed by atoms with van der Waals surface area (Å²) in [5.41, 5.74) is 2.42. The molecule has 0 atom stereocenters. The number of hydrogen-bond acceptors (Lipinski definition) is 6. The quantitative estimate of drug-likeness (QED) is 0.655. The zero-order valence-corrected chi connectivity index (χ0v) is 15.1. The Kier molecular flexibility index (Phi) is 5.51. The summed E-state index contributed by atoms with van der Waals surface area (Å²) < 4.78 is 0. The zero-order chi connectivity index (χ0) is 19.2. The van der Waals surface area contributed by atoms with Gasteiger partial charge in [-0.3, -0.25) is 14.6 Å². The average Bonchev–Trinajstić information content (AvgIpc) is 2.67. The second-order valence-electron chi connectivity index (χ2n) is 5.95. The molecule has 0 aliphatic rings. The molecule has 0 fully saturated rings. The number of rotatable bonds is 6. The van der Waals surface area contributed by atoms with Gasteiger partial charge in [0.05, 0.1) is 12.2 Å². The van der Waals surface area contributed by atoms with Gasteiger partial charge in [0.25, 0.3) is 5.91 Å². The van der Waals surface area contributed by atoms with Crippen LogP contribution in [0.2, 0.25) is 0 Å². The van der Waals surface area contributed by atoms with Crippen LogP contribution in [0.25, 0.3) is 0 Å². The van der Waals surface area contributed by atoms with Crippen molar-refractivity contribution in [2.24, 2.45) is 0 Å². The highest BCUT2D eigenvalue weighted by molar-refractivity contribution is 5.94. The largest absolute Gasteiger partial charge is 0.345 e. The van der Waals surface area contributed by atoms with Crippen molar-refractivity contribution in [3.05, 3.63) is 77.5 Å². The molecule has 0 spiro atoms. The first-order chi connectivity index (χ1) is 13.0. The Balaban J connectivity index is 1.71. The Morgan fingerprint density at radius 2 is 1.81 bits per heavy atom. The fraction of sp³-hybridized carbons (Fsp3) is 0.150. The second-order valence-corrected chi connectivity index (χ2v) is 5.95. The van der Waals surface area contributed by atoms with E-state index in [9.17, 15) is 9.59 Å². The number of carbonyl (C=O) groups excluding carboxylic acids is 2. The van der Waals surface area contributed by atoms with E-state index < -0.39 is 0 Å². The predicted molar refractivity (Wildman–Crippen MR) is 102 cm³/mol.